The molecule has 0 N–H and O–H groups in total. The van der Waals surface area contributed by atoms with Gasteiger partial charge in [-0.2, -0.15) is 0 Å². The third kappa shape index (κ3) is 3.45. The first kappa shape index (κ1) is 27.3. The lowest BCUT2D eigenvalue weighted by Crippen LogP contribution is -2.55. The van der Waals surface area contributed by atoms with Gasteiger partial charge in [0.1, 0.15) is 0 Å². The van der Waals surface area contributed by atoms with Gasteiger partial charge in [0.25, 0.3) is 0 Å². The highest BCUT2D eigenvalue weighted by Gasteiger charge is 2.51. The molecule has 0 bridgehead atoms. The number of anilines is 5. The first-order valence-corrected chi connectivity index (χ1v) is 18.3. The topological polar surface area (TPSA) is 25.6 Å². The average molecular weight is 649 g/mol. The van der Waals surface area contributed by atoms with Crippen LogP contribution in [0.25, 0.3) is 49.3 Å². The van der Waals surface area contributed by atoms with Crippen LogP contribution in [0.3, 0.4) is 0 Å². The molecule has 1 saturated heterocycles. The van der Waals surface area contributed by atoms with Gasteiger partial charge in [-0.3, -0.25) is 0 Å². The maximum Gasteiger partial charge on any atom is 0.0914 e. The molecule has 2 aromatic heterocycles. The fourth-order valence-electron chi connectivity index (χ4n) is 10.5. The summed E-state index contributed by atoms with van der Waals surface area (Å²) in [6.07, 6.45) is 4.96. The molecule has 6 aromatic carbocycles. The van der Waals surface area contributed by atoms with E-state index in [1.165, 1.54) is 67.1 Å². The van der Waals surface area contributed by atoms with E-state index in [2.05, 4.69) is 152 Å². The zero-order valence-corrected chi connectivity index (χ0v) is 27.7. The first-order chi connectivity index (χ1) is 24.8. The van der Waals surface area contributed by atoms with Crippen molar-refractivity contribution in [3.63, 3.8) is 0 Å². The van der Waals surface area contributed by atoms with Crippen LogP contribution >= 0.6 is 0 Å². The van der Waals surface area contributed by atoms with Gasteiger partial charge < -0.3 is 23.7 Å². The Balaban J connectivity index is 1.22. The molecule has 4 aliphatic rings. The van der Waals surface area contributed by atoms with Crippen molar-refractivity contribution in [2.75, 3.05) is 16.4 Å². The van der Waals surface area contributed by atoms with Crippen molar-refractivity contribution in [2.45, 2.75) is 43.9 Å². The Kier molecular flexibility index (Phi) is 5.48. The van der Waals surface area contributed by atoms with Gasteiger partial charge in [-0.1, -0.05) is 66.7 Å². The molecular weight excluding hydrogens is 613 g/mol. The molecular formula is C45H36N4O. The van der Waals surface area contributed by atoms with Crippen LogP contribution in [0.4, 0.5) is 28.4 Å². The van der Waals surface area contributed by atoms with E-state index in [4.69, 9.17) is 4.74 Å². The van der Waals surface area contributed by atoms with E-state index in [0.29, 0.717) is 24.1 Å². The van der Waals surface area contributed by atoms with Crippen molar-refractivity contribution in [2.24, 2.45) is 5.92 Å². The van der Waals surface area contributed by atoms with Crippen LogP contribution in [-0.2, 0) is 4.74 Å². The van der Waals surface area contributed by atoms with Crippen LogP contribution in [0, 0.1) is 5.92 Å². The third-order valence-electron chi connectivity index (χ3n) is 12.3. The van der Waals surface area contributed by atoms with Crippen molar-refractivity contribution >= 4 is 72.0 Å². The number of fused-ring (bicyclic) bond motifs is 14. The summed E-state index contributed by atoms with van der Waals surface area (Å²) < 4.78 is 11.9. The minimum atomic E-state index is 0.326. The monoisotopic (exact) mass is 648 g/mol. The Labute approximate surface area is 290 Å². The molecule has 1 saturated carbocycles. The molecule has 0 spiro atoms. The Hall–Kier alpha value is -5.52. The summed E-state index contributed by atoms with van der Waals surface area (Å²) in [7, 11) is 0. The quantitative estimate of drug-likeness (QED) is 0.191. The molecule has 5 heteroatoms. The van der Waals surface area contributed by atoms with Crippen LogP contribution < -0.4 is 9.80 Å². The van der Waals surface area contributed by atoms with Crippen LogP contribution in [0.2, 0.25) is 0 Å². The molecule has 3 aliphatic heterocycles. The van der Waals surface area contributed by atoms with Crippen molar-refractivity contribution in [3.8, 4) is 5.69 Å². The molecule has 4 atom stereocenters. The van der Waals surface area contributed by atoms with E-state index in [1.807, 2.05) is 0 Å². The largest absolute Gasteiger partial charge is 0.378 e. The number of hydrogen-bond donors (Lipinski definition) is 0. The lowest BCUT2D eigenvalue weighted by Gasteiger charge is -2.54. The highest BCUT2D eigenvalue weighted by molar-refractivity contribution is 6.27. The molecule has 3 unspecified atom stereocenters. The maximum absolute atomic E-state index is 6.56. The van der Waals surface area contributed by atoms with E-state index in [-0.39, 0.29) is 0 Å². The van der Waals surface area contributed by atoms with Crippen molar-refractivity contribution in [1.82, 2.24) is 9.13 Å². The predicted octanol–water partition coefficient (Wildman–Crippen LogP) is 11.3. The van der Waals surface area contributed by atoms with Gasteiger partial charge in [0, 0.05) is 56.6 Å². The molecule has 0 amide bonds. The molecule has 2 fully saturated rings. The standard InChI is InChI=1S/C45H36N4O/c1-3-12-28(13-4-1)46(29-14-5-2-6-15-29)30-21-22-37-33(26-30)35-27-34-31-16-7-8-18-36(31)48-40-23-24-41-32(17-11-25-50-41)42(40)49-39-20-10-9-19-38(39)47(37)44(35)45(49)43(34)48/h1-10,12-16,18-22,26-27,32,40-42H,11,17,23-25H2/t32?,40-,41?,42?/m1/s1. The predicted molar refractivity (Wildman–Crippen MR) is 205 cm³/mol. The zero-order valence-electron chi connectivity index (χ0n) is 27.7. The minimum Gasteiger partial charge on any atom is -0.378 e. The Morgan fingerprint density at radius 1 is 0.560 bits per heavy atom. The number of ether oxygens (including phenoxy) is 1. The number of nitrogens with zero attached hydrogens (tertiary/aromatic N) is 4. The van der Waals surface area contributed by atoms with Crippen LogP contribution in [0.15, 0.2) is 133 Å². The van der Waals surface area contributed by atoms with Gasteiger partial charge in [-0.25, -0.2) is 0 Å². The summed E-state index contributed by atoms with van der Waals surface area (Å²) in [4.78, 5) is 5.18. The van der Waals surface area contributed by atoms with Crippen LogP contribution in [0.1, 0.15) is 31.7 Å². The second-order valence-electron chi connectivity index (χ2n) is 14.7. The molecule has 1 aliphatic carbocycles. The summed E-state index contributed by atoms with van der Waals surface area (Å²) in [5.74, 6) is 0.489. The van der Waals surface area contributed by atoms with Crippen LogP contribution in [0.5, 0.6) is 0 Å². The number of para-hydroxylation sites is 5. The van der Waals surface area contributed by atoms with Gasteiger partial charge in [-0.15, -0.1) is 0 Å². The van der Waals surface area contributed by atoms with Crippen LogP contribution in [-0.4, -0.2) is 27.9 Å². The van der Waals surface area contributed by atoms with E-state index in [9.17, 15) is 0 Å². The van der Waals surface area contributed by atoms with Gasteiger partial charge in [-0.05, 0) is 92.4 Å². The highest BCUT2D eigenvalue weighted by Crippen LogP contribution is 2.59. The summed E-state index contributed by atoms with van der Waals surface area (Å²) >= 11 is 0. The molecule has 12 rings (SSSR count). The highest BCUT2D eigenvalue weighted by atomic mass is 16.5. The SMILES string of the molecule is c1ccc(N(c2ccccc2)c2ccc3c(c2)c2cc4c5ccccc5n5c4c4c2n3-c2ccccc2N4C2C3CCCOC3CC[C@H]25)cc1. The number of rotatable bonds is 3. The van der Waals surface area contributed by atoms with Crippen molar-refractivity contribution in [1.29, 1.82) is 0 Å². The molecule has 8 aromatic rings. The Bertz CT molecular complexity index is 2620. The molecule has 5 nitrogen and oxygen atoms in total. The molecule has 0 radical (unpaired) electrons. The fraction of sp³-hybridized carbons (Fsp3) is 0.200. The zero-order chi connectivity index (χ0) is 32.5. The Morgan fingerprint density at radius 2 is 1.28 bits per heavy atom. The lowest BCUT2D eigenvalue weighted by atomic mass is 9.73. The summed E-state index contributed by atoms with van der Waals surface area (Å²) in [5, 5.41) is 5.32. The smallest absolute Gasteiger partial charge is 0.0914 e. The summed E-state index contributed by atoms with van der Waals surface area (Å²) in [5.41, 5.74) is 12.8. The van der Waals surface area contributed by atoms with Gasteiger partial charge in [0.15, 0.2) is 0 Å². The normalized spacial score (nSPS) is 21.9. The van der Waals surface area contributed by atoms with E-state index in [1.54, 1.807) is 0 Å². The maximum atomic E-state index is 6.56. The number of hydrogen-bond acceptors (Lipinski definition) is 3. The molecule has 5 heterocycles. The number of aromatic nitrogens is 2. The minimum absolute atomic E-state index is 0.326. The lowest BCUT2D eigenvalue weighted by molar-refractivity contribution is -0.0644. The summed E-state index contributed by atoms with van der Waals surface area (Å²) in [6, 6.07) is 50.2. The fourth-order valence-corrected chi connectivity index (χ4v) is 10.5. The van der Waals surface area contributed by atoms with Crippen molar-refractivity contribution in [3.05, 3.63) is 133 Å². The Morgan fingerprint density at radius 3 is 2.10 bits per heavy atom. The van der Waals surface area contributed by atoms with E-state index >= 15 is 0 Å². The number of benzene rings is 6. The third-order valence-corrected chi connectivity index (χ3v) is 12.3. The summed E-state index contributed by atoms with van der Waals surface area (Å²) in [6.45, 7) is 0.895. The average Bonchev–Trinajstić information content (AvgIpc) is 3.70. The van der Waals surface area contributed by atoms with Gasteiger partial charge in [0.2, 0.25) is 0 Å². The molecule has 242 valence electrons. The van der Waals surface area contributed by atoms with E-state index in [0.717, 1.165) is 42.9 Å². The molecule has 50 heavy (non-hydrogen) atoms. The van der Waals surface area contributed by atoms with Crippen molar-refractivity contribution < 1.29 is 4.74 Å². The van der Waals surface area contributed by atoms with Gasteiger partial charge >= 0.3 is 0 Å². The van der Waals surface area contributed by atoms with Gasteiger partial charge in [0.05, 0.1) is 51.8 Å². The first-order valence-electron chi connectivity index (χ1n) is 18.3. The van der Waals surface area contributed by atoms with E-state index < -0.39 is 0 Å². The second kappa shape index (κ2) is 10.0. The second-order valence-corrected chi connectivity index (χ2v) is 14.7.